The van der Waals surface area contributed by atoms with Crippen LogP contribution >= 0.6 is 11.6 Å². The maximum atomic E-state index is 12.4. The molecule has 0 aliphatic heterocycles. The van der Waals surface area contributed by atoms with E-state index in [0.29, 0.717) is 5.56 Å². The van der Waals surface area contributed by atoms with Gasteiger partial charge in [0.15, 0.2) is 0 Å². The molecule has 0 spiro atoms. The maximum absolute atomic E-state index is 12.4. The molecular weight excluding hydrogens is 241 g/mol. The fourth-order valence-corrected chi connectivity index (χ4v) is 1.34. The van der Waals surface area contributed by atoms with Crippen LogP contribution in [0, 0.1) is 0 Å². The van der Waals surface area contributed by atoms with Gasteiger partial charge in [-0.2, -0.15) is 13.2 Å². The van der Waals surface area contributed by atoms with Crippen molar-refractivity contribution in [2.45, 2.75) is 12.8 Å². The van der Waals surface area contributed by atoms with Crippen molar-refractivity contribution in [3.05, 3.63) is 41.0 Å². The van der Waals surface area contributed by atoms with E-state index in [9.17, 15) is 13.2 Å². The van der Waals surface area contributed by atoms with E-state index in [4.69, 9.17) is 16.7 Å². The van der Waals surface area contributed by atoms with Crippen LogP contribution in [0.1, 0.15) is 16.7 Å². The molecule has 0 atom stereocenters. The van der Waals surface area contributed by atoms with E-state index < -0.39 is 18.3 Å². The number of benzene rings is 1. The lowest BCUT2D eigenvalue weighted by atomic mass is 10.0. The molecule has 5 heteroatoms. The van der Waals surface area contributed by atoms with Gasteiger partial charge >= 0.3 is 6.18 Å². The van der Waals surface area contributed by atoms with E-state index >= 15 is 0 Å². The summed E-state index contributed by atoms with van der Waals surface area (Å²) >= 11 is 5.42. The van der Waals surface area contributed by atoms with Crippen LogP contribution < -0.4 is 0 Å². The topological polar surface area (TPSA) is 20.2 Å². The second-order valence-electron chi connectivity index (χ2n) is 3.13. The van der Waals surface area contributed by atoms with Crippen molar-refractivity contribution in [2.24, 2.45) is 0 Å². The average Bonchev–Trinajstić information content (AvgIpc) is 2.24. The first-order valence-corrected chi connectivity index (χ1v) is 5.06. The Morgan fingerprint density at radius 1 is 1.31 bits per heavy atom. The van der Waals surface area contributed by atoms with Gasteiger partial charge in [-0.15, -0.1) is 11.6 Å². The highest BCUT2D eigenvalue weighted by Crippen LogP contribution is 2.30. The number of hydrogen-bond donors (Lipinski definition) is 1. The van der Waals surface area contributed by atoms with Gasteiger partial charge in [0.1, 0.15) is 0 Å². The normalized spacial score (nSPS) is 12.3. The zero-order valence-corrected chi connectivity index (χ0v) is 9.02. The van der Waals surface area contributed by atoms with E-state index in [-0.39, 0.29) is 11.4 Å². The Kier molecular flexibility index (Phi) is 4.38. The molecule has 88 valence electrons. The van der Waals surface area contributed by atoms with E-state index in [0.717, 1.165) is 12.1 Å². The molecule has 0 aliphatic carbocycles. The highest BCUT2D eigenvalue weighted by atomic mass is 35.5. The molecule has 0 saturated heterocycles. The van der Waals surface area contributed by atoms with Crippen LogP contribution in [0.15, 0.2) is 24.3 Å². The van der Waals surface area contributed by atoms with Gasteiger partial charge in [-0.1, -0.05) is 18.2 Å². The van der Waals surface area contributed by atoms with Gasteiger partial charge in [0, 0.05) is 5.88 Å². The van der Waals surface area contributed by atoms with Gasteiger partial charge < -0.3 is 5.11 Å². The highest BCUT2D eigenvalue weighted by molar-refractivity contribution is 6.19. The molecular formula is C11H10ClF3O. The van der Waals surface area contributed by atoms with E-state index in [1.165, 1.54) is 6.07 Å². The van der Waals surface area contributed by atoms with Crippen molar-refractivity contribution in [1.82, 2.24) is 0 Å². The van der Waals surface area contributed by atoms with Gasteiger partial charge in [0.05, 0.1) is 12.2 Å². The number of rotatable bonds is 3. The van der Waals surface area contributed by atoms with Crippen molar-refractivity contribution < 1.29 is 18.3 Å². The van der Waals surface area contributed by atoms with Gasteiger partial charge in [0.2, 0.25) is 0 Å². The number of halogens is 4. The zero-order chi connectivity index (χ0) is 12.2. The largest absolute Gasteiger partial charge is 0.416 e. The first-order chi connectivity index (χ1) is 7.49. The summed E-state index contributed by atoms with van der Waals surface area (Å²) < 4.78 is 37.1. The fourth-order valence-electron chi connectivity index (χ4n) is 1.25. The van der Waals surface area contributed by atoms with Gasteiger partial charge in [0.25, 0.3) is 0 Å². The summed E-state index contributed by atoms with van der Waals surface area (Å²) in [7, 11) is 0. The smallest absolute Gasteiger partial charge is 0.392 e. The number of aliphatic hydroxyl groups is 1. The third-order valence-electron chi connectivity index (χ3n) is 2.03. The van der Waals surface area contributed by atoms with Crippen LogP contribution in [0.2, 0.25) is 0 Å². The molecule has 0 amide bonds. The number of hydrogen-bond acceptors (Lipinski definition) is 1. The van der Waals surface area contributed by atoms with E-state index in [2.05, 4.69) is 0 Å². The number of aliphatic hydroxyl groups excluding tert-OH is 1. The van der Waals surface area contributed by atoms with Crippen molar-refractivity contribution in [2.75, 3.05) is 5.88 Å². The van der Waals surface area contributed by atoms with Gasteiger partial charge in [-0.05, 0) is 23.3 Å². The van der Waals surface area contributed by atoms with Gasteiger partial charge in [-0.3, -0.25) is 0 Å². The van der Waals surface area contributed by atoms with Crippen molar-refractivity contribution in [3.8, 4) is 0 Å². The molecule has 0 unspecified atom stereocenters. The molecule has 0 saturated carbocycles. The summed E-state index contributed by atoms with van der Waals surface area (Å²) in [5.74, 6) is 0.270. The number of allylic oxidation sites excluding steroid dienone is 1. The first kappa shape index (κ1) is 13.1. The Morgan fingerprint density at radius 3 is 2.50 bits per heavy atom. The lowest BCUT2D eigenvalue weighted by Crippen LogP contribution is -2.06. The summed E-state index contributed by atoms with van der Waals surface area (Å²) in [6.45, 7) is -0.439. The second kappa shape index (κ2) is 5.37. The zero-order valence-electron chi connectivity index (χ0n) is 8.26. The van der Waals surface area contributed by atoms with E-state index in [1.54, 1.807) is 12.2 Å². The summed E-state index contributed by atoms with van der Waals surface area (Å²) in [6.07, 6.45) is -1.21. The van der Waals surface area contributed by atoms with Crippen LogP contribution in [0.4, 0.5) is 13.2 Å². The molecule has 1 aromatic rings. The molecule has 1 N–H and O–H groups in total. The number of alkyl halides is 4. The summed E-state index contributed by atoms with van der Waals surface area (Å²) in [4.78, 5) is 0. The van der Waals surface area contributed by atoms with Crippen molar-refractivity contribution in [1.29, 1.82) is 0 Å². The molecule has 0 aromatic heterocycles. The molecule has 0 fully saturated rings. The van der Waals surface area contributed by atoms with Crippen molar-refractivity contribution >= 4 is 17.7 Å². The van der Waals surface area contributed by atoms with Gasteiger partial charge in [-0.25, -0.2) is 0 Å². The first-order valence-electron chi connectivity index (χ1n) is 4.52. The van der Waals surface area contributed by atoms with Crippen LogP contribution in [0.5, 0.6) is 0 Å². The molecule has 16 heavy (non-hydrogen) atoms. The lowest BCUT2D eigenvalue weighted by Gasteiger charge is -2.10. The molecule has 0 aliphatic rings. The quantitative estimate of drug-likeness (QED) is 0.815. The molecule has 0 radical (unpaired) electrons. The third kappa shape index (κ3) is 3.25. The minimum Gasteiger partial charge on any atom is -0.392 e. The average molecular weight is 251 g/mol. The maximum Gasteiger partial charge on any atom is 0.416 e. The SMILES string of the molecule is OCc1cc(C(F)(F)F)ccc1C=CCCl. The molecule has 1 rings (SSSR count). The fraction of sp³-hybridized carbons (Fsp3) is 0.273. The van der Waals surface area contributed by atoms with Crippen LogP contribution in [-0.4, -0.2) is 11.0 Å². The minimum atomic E-state index is -4.39. The predicted octanol–water partition coefficient (Wildman–Crippen LogP) is 3.45. The van der Waals surface area contributed by atoms with Crippen LogP contribution in [0.25, 0.3) is 6.08 Å². The van der Waals surface area contributed by atoms with Crippen molar-refractivity contribution in [3.63, 3.8) is 0 Å². The van der Waals surface area contributed by atoms with Crippen LogP contribution in [-0.2, 0) is 12.8 Å². The minimum absolute atomic E-state index is 0.233. The monoisotopic (exact) mass is 250 g/mol. The summed E-state index contributed by atoms with van der Waals surface area (Å²) in [6, 6.07) is 3.23. The Balaban J connectivity index is 3.12. The Hall–Kier alpha value is -1.00. The Morgan fingerprint density at radius 2 is 2.00 bits per heavy atom. The summed E-state index contributed by atoms with van der Waals surface area (Å²) in [5, 5.41) is 8.97. The van der Waals surface area contributed by atoms with Crippen LogP contribution in [0.3, 0.4) is 0 Å². The molecule has 1 aromatic carbocycles. The molecule has 0 heterocycles. The standard InChI is InChI=1S/C11H10ClF3O/c12-5-1-2-8-3-4-10(11(13,14)15)6-9(8)7-16/h1-4,6,16H,5,7H2. The lowest BCUT2D eigenvalue weighted by molar-refractivity contribution is -0.137. The second-order valence-corrected chi connectivity index (χ2v) is 3.43. The molecule has 1 nitrogen and oxygen atoms in total. The third-order valence-corrected chi connectivity index (χ3v) is 2.21. The highest BCUT2D eigenvalue weighted by Gasteiger charge is 2.30. The predicted molar refractivity (Wildman–Crippen MR) is 57.1 cm³/mol. The Bertz CT molecular complexity index is 385. The Labute approximate surface area is 96.2 Å². The molecule has 0 bridgehead atoms. The summed E-state index contributed by atoms with van der Waals surface area (Å²) in [5.41, 5.74) is 0.00640. The van der Waals surface area contributed by atoms with E-state index in [1.807, 2.05) is 0 Å².